The van der Waals surface area contributed by atoms with Crippen molar-refractivity contribution in [3.63, 3.8) is 0 Å². The van der Waals surface area contributed by atoms with Gasteiger partial charge in [0.2, 0.25) is 0 Å². The van der Waals surface area contributed by atoms with Gasteiger partial charge in [0, 0.05) is 19.4 Å². The fourth-order valence-electron chi connectivity index (χ4n) is 7.06. The Morgan fingerprint density at radius 1 is 0.371 bits per heavy atom. The summed E-state index contributed by atoms with van der Waals surface area (Å²) in [5.41, 5.74) is 0. The summed E-state index contributed by atoms with van der Waals surface area (Å²) >= 11 is 0. The van der Waals surface area contributed by atoms with E-state index in [1.807, 2.05) is 0 Å². The molecule has 0 aromatic rings. The molecule has 0 spiro atoms. The molecule has 0 amide bonds. The van der Waals surface area contributed by atoms with Gasteiger partial charge in [0.05, 0.1) is 6.61 Å². The number of carbonyl (C=O) groups is 2. The maximum atomic E-state index is 12.8. The average molecular weight is 863 g/mol. The van der Waals surface area contributed by atoms with Crippen LogP contribution in [0.3, 0.4) is 0 Å². The fraction of sp³-hybridized carbons (Fsp3) is 0.719. The van der Waals surface area contributed by atoms with E-state index in [9.17, 15) is 9.59 Å². The van der Waals surface area contributed by atoms with Crippen molar-refractivity contribution in [2.24, 2.45) is 0 Å². The summed E-state index contributed by atoms with van der Waals surface area (Å²) in [5.74, 6) is -0.443. The van der Waals surface area contributed by atoms with Gasteiger partial charge in [-0.15, -0.1) is 0 Å². The largest absolute Gasteiger partial charge is 0.462 e. The number of unbranched alkanes of at least 4 members (excludes halogenated alkanes) is 22. The number of esters is 2. The van der Waals surface area contributed by atoms with Gasteiger partial charge in [-0.3, -0.25) is 9.59 Å². The zero-order chi connectivity index (χ0) is 44.9. The summed E-state index contributed by atoms with van der Waals surface area (Å²) in [4.78, 5) is 25.4. The topological polar surface area (TPSA) is 61.8 Å². The van der Waals surface area contributed by atoms with E-state index in [0.717, 1.165) is 103 Å². The van der Waals surface area contributed by atoms with Crippen LogP contribution in [-0.2, 0) is 23.8 Å². The Hall–Kier alpha value is -2.92. The second-order valence-electron chi connectivity index (χ2n) is 17.0. The highest BCUT2D eigenvalue weighted by Gasteiger charge is 2.17. The van der Waals surface area contributed by atoms with Gasteiger partial charge in [0.25, 0.3) is 0 Å². The molecule has 62 heavy (non-hydrogen) atoms. The van der Waals surface area contributed by atoms with Crippen molar-refractivity contribution in [2.45, 2.75) is 245 Å². The Labute approximate surface area is 384 Å². The summed E-state index contributed by atoms with van der Waals surface area (Å²) in [6.07, 6.45) is 68.8. The zero-order valence-electron chi connectivity index (χ0n) is 40.9. The maximum absolute atomic E-state index is 12.8. The molecule has 0 rings (SSSR count). The molecule has 0 bridgehead atoms. The highest BCUT2D eigenvalue weighted by Crippen LogP contribution is 2.13. The molecular weight excluding hydrogens is 765 g/mol. The predicted molar refractivity (Wildman–Crippen MR) is 270 cm³/mol. The molecule has 0 aliphatic rings. The van der Waals surface area contributed by atoms with Crippen molar-refractivity contribution in [3.8, 4) is 0 Å². The first-order valence-electron chi connectivity index (χ1n) is 26.1. The lowest BCUT2D eigenvalue weighted by Crippen LogP contribution is -2.30. The molecule has 0 saturated heterocycles. The quantitative estimate of drug-likeness (QED) is 0.0346. The van der Waals surface area contributed by atoms with Crippen molar-refractivity contribution in [1.82, 2.24) is 0 Å². The van der Waals surface area contributed by atoms with Crippen molar-refractivity contribution in [2.75, 3.05) is 19.8 Å². The van der Waals surface area contributed by atoms with Crippen LogP contribution in [0.15, 0.2) is 85.1 Å². The Kier molecular flexibility index (Phi) is 50.0. The monoisotopic (exact) mass is 863 g/mol. The zero-order valence-corrected chi connectivity index (χ0v) is 40.9. The van der Waals surface area contributed by atoms with Crippen LogP contribution in [0, 0.1) is 0 Å². The fourth-order valence-corrected chi connectivity index (χ4v) is 7.06. The van der Waals surface area contributed by atoms with Crippen LogP contribution in [0.25, 0.3) is 0 Å². The lowest BCUT2D eigenvalue weighted by Gasteiger charge is -2.18. The summed E-state index contributed by atoms with van der Waals surface area (Å²) in [5, 5.41) is 0. The molecule has 0 radical (unpaired) electrons. The summed E-state index contributed by atoms with van der Waals surface area (Å²) in [6, 6.07) is 0. The van der Waals surface area contributed by atoms with E-state index in [1.165, 1.54) is 103 Å². The minimum atomic E-state index is -0.563. The molecule has 5 heteroatoms. The van der Waals surface area contributed by atoms with Gasteiger partial charge in [0.1, 0.15) is 6.61 Å². The molecule has 0 N–H and O–H groups in total. The van der Waals surface area contributed by atoms with Crippen LogP contribution < -0.4 is 0 Å². The highest BCUT2D eigenvalue weighted by molar-refractivity contribution is 5.70. The van der Waals surface area contributed by atoms with Gasteiger partial charge in [-0.2, -0.15) is 0 Å². The summed E-state index contributed by atoms with van der Waals surface area (Å²) < 4.78 is 17.4. The Balaban J connectivity index is 4.32. The molecule has 1 atom stereocenters. The first-order chi connectivity index (χ1) is 30.6. The van der Waals surface area contributed by atoms with Gasteiger partial charge in [-0.25, -0.2) is 0 Å². The lowest BCUT2D eigenvalue weighted by molar-refractivity contribution is -0.163. The standard InChI is InChI=1S/C57H98O5/c1-4-7-10-13-16-19-22-25-27-29-30-33-35-38-41-44-47-50-56(58)61-54-55(62-57(59)51-48-45-42-39-36-32-24-21-18-15-12-9-6-3)53-60-52-49-46-43-40-37-34-31-28-26-23-20-17-14-11-8-5-2/h8-9,11-12,17-18,20-21,25-28,32,36,55H,4-7,10,13-16,19,22-24,29-31,33-35,37-54H2,1-3H3/b11-8-,12-9-,20-17-,21-18-,27-25-,28-26-,36-32-. The third kappa shape index (κ3) is 49.7. The molecule has 0 fully saturated rings. The van der Waals surface area contributed by atoms with Gasteiger partial charge in [-0.1, -0.05) is 202 Å². The average Bonchev–Trinajstić information content (AvgIpc) is 3.27. The van der Waals surface area contributed by atoms with E-state index in [-0.39, 0.29) is 25.2 Å². The van der Waals surface area contributed by atoms with Gasteiger partial charge in [-0.05, 0) is 109 Å². The lowest BCUT2D eigenvalue weighted by atomic mass is 10.1. The normalized spacial score (nSPS) is 12.9. The van der Waals surface area contributed by atoms with E-state index >= 15 is 0 Å². The smallest absolute Gasteiger partial charge is 0.306 e. The van der Waals surface area contributed by atoms with E-state index in [1.54, 1.807) is 0 Å². The molecule has 5 nitrogen and oxygen atoms in total. The van der Waals surface area contributed by atoms with Crippen LogP contribution in [-0.4, -0.2) is 37.9 Å². The maximum Gasteiger partial charge on any atom is 0.306 e. The van der Waals surface area contributed by atoms with Crippen LogP contribution >= 0.6 is 0 Å². The predicted octanol–water partition coefficient (Wildman–Crippen LogP) is 17.7. The molecule has 356 valence electrons. The molecule has 0 aliphatic carbocycles. The van der Waals surface area contributed by atoms with Gasteiger partial charge in [0.15, 0.2) is 6.10 Å². The first-order valence-corrected chi connectivity index (χ1v) is 26.1. The van der Waals surface area contributed by atoms with E-state index < -0.39 is 6.10 Å². The van der Waals surface area contributed by atoms with E-state index in [2.05, 4.69) is 106 Å². The van der Waals surface area contributed by atoms with Crippen LogP contribution in [0.4, 0.5) is 0 Å². The summed E-state index contributed by atoms with van der Waals surface area (Å²) in [7, 11) is 0. The van der Waals surface area contributed by atoms with Crippen LogP contribution in [0.2, 0.25) is 0 Å². The van der Waals surface area contributed by atoms with Crippen molar-refractivity contribution < 1.29 is 23.8 Å². The second kappa shape index (κ2) is 52.4. The number of hydrogen-bond acceptors (Lipinski definition) is 5. The Morgan fingerprint density at radius 3 is 1.19 bits per heavy atom. The molecule has 0 saturated carbocycles. The Morgan fingerprint density at radius 2 is 0.726 bits per heavy atom. The minimum Gasteiger partial charge on any atom is -0.462 e. The molecule has 1 unspecified atom stereocenters. The number of ether oxygens (including phenoxy) is 3. The van der Waals surface area contributed by atoms with E-state index in [4.69, 9.17) is 14.2 Å². The van der Waals surface area contributed by atoms with Gasteiger partial charge < -0.3 is 14.2 Å². The third-order valence-electron chi connectivity index (χ3n) is 10.9. The minimum absolute atomic E-state index is 0.0626. The molecule has 0 aromatic carbocycles. The molecule has 0 aromatic heterocycles. The highest BCUT2D eigenvalue weighted by atomic mass is 16.6. The molecular formula is C57H98O5. The van der Waals surface area contributed by atoms with Crippen LogP contribution in [0.5, 0.6) is 0 Å². The molecule has 0 aliphatic heterocycles. The number of carbonyl (C=O) groups excluding carboxylic acids is 2. The first kappa shape index (κ1) is 59.1. The second-order valence-corrected chi connectivity index (χ2v) is 17.0. The number of allylic oxidation sites excluding steroid dienone is 14. The third-order valence-corrected chi connectivity index (χ3v) is 10.9. The van der Waals surface area contributed by atoms with Crippen molar-refractivity contribution in [3.05, 3.63) is 85.1 Å². The number of rotatable bonds is 47. The van der Waals surface area contributed by atoms with Gasteiger partial charge >= 0.3 is 11.9 Å². The van der Waals surface area contributed by atoms with E-state index in [0.29, 0.717) is 19.4 Å². The summed E-state index contributed by atoms with van der Waals surface area (Å²) in [6.45, 7) is 7.54. The number of hydrogen-bond donors (Lipinski definition) is 0. The van der Waals surface area contributed by atoms with Crippen molar-refractivity contribution in [1.29, 1.82) is 0 Å². The van der Waals surface area contributed by atoms with Crippen LogP contribution in [0.1, 0.15) is 239 Å². The SMILES string of the molecule is CC/C=C\C/C=C\C/C=C\CCCCCCCCOCC(COC(=O)CCCCCCCCC/C=C\CCCCCCCC)OC(=O)CCCCC/C=C\C/C=C\C/C=C\CC. The Bertz CT molecular complexity index is 1160. The van der Waals surface area contributed by atoms with Crippen molar-refractivity contribution >= 4 is 11.9 Å². The molecule has 0 heterocycles.